The Bertz CT molecular complexity index is 762. The molecular weight excluding hydrogens is 382 g/mol. The maximum atomic E-state index is 12.3. The fourth-order valence-electron chi connectivity index (χ4n) is 3.72. The van der Waals surface area contributed by atoms with Crippen molar-refractivity contribution in [2.75, 3.05) is 49.1 Å². The number of nitrogens with zero attached hydrogens (tertiary/aromatic N) is 3. The summed E-state index contributed by atoms with van der Waals surface area (Å²) < 4.78 is 5.04. The Morgan fingerprint density at radius 2 is 1.89 bits per heavy atom. The van der Waals surface area contributed by atoms with Gasteiger partial charge in [-0.05, 0) is 25.1 Å². The van der Waals surface area contributed by atoms with Gasteiger partial charge in [0.05, 0.1) is 23.2 Å². The zero-order valence-corrected chi connectivity index (χ0v) is 17.1. The lowest BCUT2D eigenvalue weighted by molar-refractivity contribution is -0.147. The average molecular weight is 408 g/mol. The van der Waals surface area contributed by atoms with Crippen LogP contribution in [0.1, 0.15) is 26.7 Å². The van der Waals surface area contributed by atoms with Crippen molar-refractivity contribution in [1.82, 2.24) is 4.90 Å². The minimum atomic E-state index is -0.435. The predicted molar refractivity (Wildman–Crippen MR) is 108 cm³/mol. The first-order valence-corrected chi connectivity index (χ1v) is 10.1. The van der Waals surface area contributed by atoms with E-state index in [2.05, 4.69) is 4.90 Å². The highest BCUT2D eigenvalue weighted by atomic mass is 35.5. The summed E-state index contributed by atoms with van der Waals surface area (Å²) >= 11 is 6.51. The van der Waals surface area contributed by atoms with Crippen molar-refractivity contribution < 1.29 is 19.1 Å². The van der Waals surface area contributed by atoms with Crippen molar-refractivity contribution in [2.24, 2.45) is 5.92 Å². The second-order valence-electron chi connectivity index (χ2n) is 7.01. The number of carbonyl (C=O) groups is 3. The minimum Gasteiger partial charge on any atom is -0.466 e. The number of hydrogen-bond donors (Lipinski definition) is 0. The molecule has 2 heterocycles. The van der Waals surface area contributed by atoms with Gasteiger partial charge in [0.2, 0.25) is 11.8 Å². The quantitative estimate of drug-likeness (QED) is 0.700. The summed E-state index contributed by atoms with van der Waals surface area (Å²) in [5, 5.41) is 0.556. The van der Waals surface area contributed by atoms with Crippen LogP contribution in [-0.2, 0) is 19.1 Å². The van der Waals surface area contributed by atoms with E-state index in [0.717, 1.165) is 18.8 Å². The number of carbonyl (C=O) groups excluding carboxylic acids is 3. The molecule has 2 saturated heterocycles. The molecule has 0 spiro atoms. The topological polar surface area (TPSA) is 70.2 Å². The summed E-state index contributed by atoms with van der Waals surface area (Å²) in [6.45, 7) is 7.04. The molecule has 1 atom stereocenters. The van der Waals surface area contributed by atoms with Crippen molar-refractivity contribution >= 4 is 40.8 Å². The Kier molecular flexibility index (Phi) is 6.44. The predicted octanol–water partition coefficient (Wildman–Crippen LogP) is 2.31. The Morgan fingerprint density at radius 1 is 1.18 bits per heavy atom. The minimum absolute atomic E-state index is 0.103. The lowest BCUT2D eigenvalue weighted by Gasteiger charge is -2.36. The van der Waals surface area contributed by atoms with Crippen LogP contribution in [0.2, 0.25) is 5.02 Å². The fraction of sp³-hybridized carbons (Fsp3) is 0.550. The van der Waals surface area contributed by atoms with Crippen LogP contribution in [0.15, 0.2) is 18.2 Å². The molecule has 2 aliphatic rings. The summed E-state index contributed by atoms with van der Waals surface area (Å²) in [7, 11) is 0. The monoisotopic (exact) mass is 407 g/mol. The molecule has 2 amide bonds. The van der Waals surface area contributed by atoms with Crippen molar-refractivity contribution in [3.05, 3.63) is 23.2 Å². The lowest BCUT2D eigenvalue weighted by Crippen LogP contribution is -2.48. The van der Waals surface area contributed by atoms with Crippen LogP contribution in [0.4, 0.5) is 11.4 Å². The molecule has 28 heavy (non-hydrogen) atoms. The molecule has 0 unspecified atom stereocenters. The molecule has 152 valence electrons. The van der Waals surface area contributed by atoms with Crippen molar-refractivity contribution in [3.63, 3.8) is 0 Å². The fourth-order valence-corrected chi connectivity index (χ4v) is 4.01. The van der Waals surface area contributed by atoms with Crippen LogP contribution < -0.4 is 9.80 Å². The third kappa shape index (κ3) is 4.24. The molecule has 0 radical (unpaired) electrons. The molecule has 3 rings (SSSR count). The van der Waals surface area contributed by atoms with Gasteiger partial charge in [-0.25, -0.2) is 0 Å². The molecule has 7 nitrogen and oxygen atoms in total. The summed E-state index contributed by atoms with van der Waals surface area (Å²) in [4.78, 5) is 41.7. The highest BCUT2D eigenvalue weighted by Crippen LogP contribution is 2.33. The molecular formula is C20H26ClN3O4. The number of ether oxygens (including phenoxy) is 1. The van der Waals surface area contributed by atoms with Gasteiger partial charge in [0.15, 0.2) is 0 Å². The molecule has 1 aromatic rings. The van der Waals surface area contributed by atoms with Crippen LogP contribution in [0.25, 0.3) is 0 Å². The van der Waals surface area contributed by atoms with Crippen molar-refractivity contribution in [1.29, 1.82) is 0 Å². The molecule has 2 fully saturated rings. The standard InChI is InChI=1S/C20H26ClN3O4/c1-3-18(25)23-9-7-22(8-10-23)17-6-5-15(12-16(17)21)24-13-14(11-19(24)26)20(27)28-4-2/h5-6,12,14H,3-4,7-11,13H2,1-2H3/t14-/m1/s1. The number of esters is 1. The first kappa shape index (κ1) is 20.5. The number of benzene rings is 1. The van der Waals surface area contributed by atoms with E-state index in [9.17, 15) is 14.4 Å². The SMILES string of the molecule is CCOC(=O)[C@@H]1CC(=O)N(c2ccc(N3CCN(C(=O)CC)CC3)c(Cl)c2)C1. The number of rotatable bonds is 5. The first-order chi connectivity index (χ1) is 13.4. The van der Waals surface area contributed by atoms with Gasteiger partial charge < -0.3 is 19.4 Å². The summed E-state index contributed by atoms with van der Waals surface area (Å²) in [5.74, 6) is -0.700. The van der Waals surface area contributed by atoms with E-state index in [1.54, 1.807) is 17.9 Å². The van der Waals surface area contributed by atoms with E-state index >= 15 is 0 Å². The Morgan fingerprint density at radius 3 is 2.50 bits per heavy atom. The zero-order chi connectivity index (χ0) is 20.3. The van der Waals surface area contributed by atoms with Gasteiger partial charge in [0, 0.05) is 51.3 Å². The van der Waals surface area contributed by atoms with Gasteiger partial charge in [0.25, 0.3) is 0 Å². The van der Waals surface area contributed by atoms with Crippen molar-refractivity contribution in [3.8, 4) is 0 Å². The van der Waals surface area contributed by atoms with E-state index in [4.69, 9.17) is 16.3 Å². The summed E-state index contributed by atoms with van der Waals surface area (Å²) in [6.07, 6.45) is 0.678. The van der Waals surface area contributed by atoms with Gasteiger partial charge >= 0.3 is 5.97 Å². The highest BCUT2D eigenvalue weighted by molar-refractivity contribution is 6.33. The Balaban J connectivity index is 1.67. The Hall–Kier alpha value is -2.28. The molecule has 1 aromatic carbocycles. The summed E-state index contributed by atoms with van der Waals surface area (Å²) in [5.41, 5.74) is 1.58. The van der Waals surface area contributed by atoms with E-state index in [-0.39, 0.29) is 24.2 Å². The largest absolute Gasteiger partial charge is 0.466 e. The van der Waals surface area contributed by atoms with Gasteiger partial charge in [-0.3, -0.25) is 14.4 Å². The van der Waals surface area contributed by atoms with Gasteiger partial charge in [-0.1, -0.05) is 18.5 Å². The smallest absolute Gasteiger partial charge is 0.311 e. The van der Waals surface area contributed by atoms with Gasteiger partial charge in [0.1, 0.15) is 0 Å². The molecule has 2 aliphatic heterocycles. The number of anilines is 2. The molecule has 0 N–H and O–H groups in total. The van der Waals surface area contributed by atoms with Crippen LogP contribution in [0.5, 0.6) is 0 Å². The number of amides is 2. The van der Waals surface area contributed by atoms with Crippen LogP contribution in [-0.4, -0.2) is 62.0 Å². The van der Waals surface area contributed by atoms with Crippen LogP contribution >= 0.6 is 11.6 Å². The zero-order valence-electron chi connectivity index (χ0n) is 16.3. The second-order valence-corrected chi connectivity index (χ2v) is 7.42. The maximum Gasteiger partial charge on any atom is 0.311 e. The van der Waals surface area contributed by atoms with E-state index < -0.39 is 5.92 Å². The van der Waals surface area contributed by atoms with Crippen LogP contribution in [0, 0.1) is 5.92 Å². The van der Waals surface area contributed by atoms with Crippen molar-refractivity contribution in [2.45, 2.75) is 26.7 Å². The third-order valence-corrected chi connectivity index (χ3v) is 5.57. The highest BCUT2D eigenvalue weighted by Gasteiger charge is 2.36. The average Bonchev–Trinajstić information content (AvgIpc) is 3.09. The van der Waals surface area contributed by atoms with Gasteiger partial charge in [-0.2, -0.15) is 0 Å². The van der Waals surface area contributed by atoms with Gasteiger partial charge in [-0.15, -0.1) is 0 Å². The molecule has 0 aromatic heterocycles. The number of halogens is 1. The maximum absolute atomic E-state index is 12.3. The molecule has 8 heteroatoms. The van der Waals surface area contributed by atoms with E-state index in [0.29, 0.717) is 43.4 Å². The first-order valence-electron chi connectivity index (χ1n) is 9.73. The second kappa shape index (κ2) is 8.82. The Labute approximate surface area is 170 Å². The van der Waals surface area contributed by atoms with E-state index in [1.165, 1.54) is 0 Å². The van der Waals surface area contributed by atoms with E-state index in [1.807, 2.05) is 24.0 Å². The molecule has 0 aliphatic carbocycles. The van der Waals surface area contributed by atoms with Crippen LogP contribution in [0.3, 0.4) is 0 Å². The number of piperazine rings is 1. The normalized spacial score (nSPS) is 19.9. The number of hydrogen-bond acceptors (Lipinski definition) is 5. The molecule has 0 bridgehead atoms. The molecule has 0 saturated carbocycles. The lowest BCUT2D eigenvalue weighted by atomic mass is 10.1. The summed E-state index contributed by atoms with van der Waals surface area (Å²) in [6, 6.07) is 5.53. The third-order valence-electron chi connectivity index (χ3n) is 5.26.